The van der Waals surface area contributed by atoms with Gasteiger partial charge in [0.25, 0.3) is 0 Å². The first-order valence-electron chi connectivity index (χ1n) is 5.98. The molecule has 1 N–H and O–H groups in total. The van der Waals surface area contributed by atoms with Crippen molar-refractivity contribution in [2.24, 2.45) is 5.92 Å². The van der Waals surface area contributed by atoms with Gasteiger partial charge < -0.3 is 10.1 Å². The predicted octanol–water partition coefficient (Wildman–Crippen LogP) is 0.352. The number of esters is 1. The molecule has 1 rings (SSSR count). The van der Waals surface area contributed by atoms with Gasteiger partial charge in [0.05, 0.1) is 24.7 Å². The lowest BCUT2D eigenvalue weighted by Gasteiger charge is -2.10. The molecular weight excluding hydrogens is 242 g/mol. The fraction of sp³-hybridized carbons (Fsp3) is 0.909. The maximum atomic E-state index is 11.3. The second kappa shape index (κ2) is 6.35. The average Bonchev–Trinajstić information content (AvgIpc) is 2.55. The standard InChI is InChI=1S/C11H21NO4S/c1-9(2)3-5-16-11(13)7-12-10-4-6-17(14,15)8-10/h9-10,12H,3-8H2,1-2H3. The topological polar surface area (TPSA) is 72.5 Å². The first kappa shape index (κ1) is 14.4. The Morgan fingerprint density at radius 3 is 2.71 bits per heavy atom. The molecule has 0 spiro atoms. The molecule has 1 heterocycles. The third-order valence-corrected chi connectivity index (χ3v) is 4.49. The van der Waals surface area contributed by atoms with Crippen LogP contribution in [0.5, 0.6) is 0 Å². The van der Waals surface area contributed by atoms with Crippen molar-refractivity contribution in [3.05, 3.63) is 0 Å². The maximum Gasteiger partial charge on any atom is 0.319 e. The summed E-state index contributed by atoms with van der Waals surface area (Å²) in [6, 6.07) is -0.0994. The number of hydrogen-bond acceptors (Lipinski definition) is 5. The van der Waals surface area contributed by atoms with Gasteiger partial charge in [-0.15, -0.1) is 0 Å². The molecule has 0 aliphatic carbocycles. The molecule has 0 amide bonds. The first-order valence-corrected chi connectivity index (χ1v) is 7.80. The van der Waals surface area contributed by atoms with Crippen molar-refractivity contribution < 1.29 is 17.9 Å². The van der Waals surface area contributed by atoms with Crippen molar-refractivity contribution >= 4 is 15.8 Å². The molecular formula is C11H21NO4S. The van der Waals surface area contributed by atoms with Gasteiger partial charge in [-0.2, -0.15) is 0 Å². The van der Waals surface area contributed by atoms with Crippen LogP contribution in [-0.2, 0) is 19.4 Å². The largest absolute Gasteiger partial charge is 0.465 e. The Kier molecular flexibility index (Phi) is 5.39. The fourth-order valence-corrected chi connectivity index (χ4v) is 3.35. The Balaban J connectivity index is 2.12. The van der Waals surface area contributed by atoms with Crippen LogP contribution in [0.2, 0.25) is 0 Å². The highest BCUT2D eigenvalue weighted by molar-refractivity contribution is 7.91. The molecule has 1 aliphatic heterocycles. The minimum absolute atomic E-state index is 0.0955. The molecule has 0 aromatic rings. The Morgan fingerprint density at radius 1 is 1.47 bits per heavy atom. The lowest BCUT2D eigenvalue weighted by molar-refractivity contribution is -0.142. The van der Waals surface area contributed by atoms with Gasteiger partial charge in [0, 0.05) is 6.04 Å². The lowest BCUT2D eigenvalue weighted by atomic mass is 10.1. The molecule has 1 fully saturated rings. The molecule has 1 atom stereocenters. The normalized spacial score (nSPS) is 22.9. The van der Waals surface area contributed by atoms with Crippen molar-refractivity contribution in [3.8, 4) is 0 Å². The summed E-state index contributed by atoms with van der Waals surface area (Å²) in [6.07, 6.45) is 1.44. The molecule has 0 saturated carbocycles. The highest BCUT2D eigenvalue weighted by atomic mass is 32.2. The molecule has 5 nitrogen and oxygen atoms in total. The van der Waals surface area contributed by atoms with E-state index in [0.717, 1.165) is 6.42 Å². The fourth-order valence-electron chi connectivity index (χ4n) is 1.64. The molecule has 1 aliphatic rings. The molecule has 0 aromatic carbocycles. The molecule has 0 aromatic heterocycles. The number of hydrogen-bond donors (Lipinski definition) is 1. The Morgan fingerprint density at radius 2 is 2.18 bits per heavy atom. The predicted molar refractivity (Wildman–Crippen MR) is 65.5 cm³/mol. The molecule has 0 radical (unpaired) electrons. The smallest absolute Gasteiger partial charge is 0.319 e. The van der Waals surface area contributed by atoms with Crippen molar-refractivity contribution in [2.75, 3.05) is 24.7 Å². The molecule has 100 valence electrons. The Bertz CT molecular complexity index is 350. The van der Waals surface area contributed by atoms with E-state index in [2.05, 4.69) is 19.2 Å². The van der Waals surface area contributed by atoms with Crippen LogP contribution in [0.15, 0.2) is 0 Å². The van der Waals surface area contributed by atoms with Gasteiger partial charge in [-0.1, -0.05) is 13.8 Å². The summed E-state index contributed by atoms with van der Waals surface area (Å²) in [5.41, 5.74) is 0. The Hall–Kier alpha value is -0.620. The van der Waals surface area contributed by atoms with E-state index in [-0.39, 0.29) is 30.1 Å². The van der Waals surface area contributed by atoms with E-state index >= 15 is 0 Å². The molecule has 1 unspecified atom stereocenters. The van der Waals surface area contributed by atoms with Crippen LogP contribution in [0.25, 0.3) is 0 Å². The number of sulfone groups is 1. The zero-order valence-corrected chi connectivity index (χ0v) is 11.3. The van der Waals surface area contributed by atoms with Gasteiger partial charge in [-0.05, 0) is 18.8 Å². The van der Waals surface area contributed by atoms with Crippen molar-refractivity contribution in [2.45, 2.75) is 32.7 Å². The van der Waals surface area contributed by atoms with Gasteiger partial charge in [-0.25, -0.2) is 8.42 Å². The monoisotopic (exact) mass is 263 g/mol. The molecule has 17 heavy (non-hydrogen) atoms. The lowest BCUT2D eigenvalue weighted by Crippen LogP contribution is -2.35. The van der Waals surface area contributed by atoms with Crippen LogP contribution in [0.4, 0.5) is 0 Å². The Labute approximate surface area is 103 Å². The van der Waals surface area contributed by atoms with Gasteiger partial charge in [-0.3, -0.25) is 4.79 Å². The number of carbonyl (C=O) groups excluding carboxylic acids is 1. The summed E-state index contributed by atoms with van der Waals surface area (Å²) in [5.74, 6) is 0.546. The molecule has 0 bridgehead atoms. The van der Waals surface area contributed by atoms with E-state index in [1.54, 1.807) is 0 Å². The summed E-state index contributed by atoms with van der Waals surface area (Å²) in [7, 11) is -2.89. The quantitative estimate of drug-likeness (QED) is 0.700. The summed E-state index contributed by atoms with van der Waals surface area (Å²) < 4.78 is 27.4. The van der Waals surface area contributed by atoms with Gasteiger partial charge in [0.2, 0.25) is 0 Å². The van der Waals surface area contributed by atoms with E-state index in [4.69, 9.17) is 4.74 Å². The minimum atomic E-state index is -2.89. The van der Waals surface area contributed by atoms with Crippen molar-refractivity contribution in [3.63, 3.8) is 0 Å². The van der Waals surface area contributed by atoms with Crippen molar-refractivity contribution in [1.82, 2.24) is 5.32 Å². The summed E-state index contributed by atoms with van der Waals surface area (Å²) in [5, 5.41) is 2.92. The number of carbonyl (C=O) groups is 1. The SMILES string of the molecule is CC(C)CCOC(=O)CNC1CCS(=O)(=O)C1. The van der Waals surface area contributed by atoms with Gasteiger partial charge in [0.15, 0.2) is 9.84 Å². The maximum absolute atomic E-state index is 11.3. The van der Waals surface area contributed by atoms with Gasteiger partial charge in [0.1, 0.15) is 0 Å². The highest BCUT2D eigenvalue weighted by Gasteiger charge is 2.27. The second-order valence-corrected chi connectivity index (χ2v) is 7.11. The van der Waals surface area contributed by atoms with Crippen molar-refractivity contribution in [1.29, 1.82) is 0 Å². The van der Waals surface area contributed by atoms with E-state index in [1.165, 1.54) is 0 Å². The first-order chi connectivity index (χ1) is 7.89. The van der Waals surface area contributed by atoms with Crippen LogP contribution in [-0.4, -0.2) is 45.1 Å². The minimum Gasteiger partial charge on any atom is -0.465 e. The summed E-state index contributed by atoms with van der Waals surface area (Å²) in [6.45, 7) is 4.66. The third kappa shape index (κ3) is 6.02. The van der Waals surface area contributed by atoms with Crippen LogP contribution in [0.3, 0.4) is 0 Å². The number of rotatable bonds is 6. The van der Waals surface area contributed by atoms with E-state index in [0.29, 0.717) is 18.9 Å². The number of nitrogens with one attached hydrogen (secondary N) is 1. The number of ether oxygens (including phenoxy) is 1. The summed E-state index contributed by atoms with van der Waals surface area (Å²) in [4.78, 5) is 11.3. The highest BCUT2D eigenvalue weighted by Crippen LogP contribution is 2.10. The van der Waals surface area contributed by atoms with E-state index < -0.39 is 9.84 Å². The van der Waals surface area contributed by atoms with Gasteiger partial charge >= 0.3 is 5.97 Å². The zero-order chi connectivity index (χ0) is 12.9. The molecule has 1 saturated heterocycles. The van der Waals surface area contributed by atoms with Crippen LogP contribution >= 0.6 is 0 Å². The average molecular weight is 263 g/mol. The summed E-state index contributed by atoms with van der Waals surface area (Å²) >= 11 is 0. The van der Waals surface area contributed by atoms with Crippen LogP contribution in [0.1, 0.15) is 26.7 Å². The second-order valence-electron chi connectivity index (χ2n) is 4.88. The van der Waals surface area contributed by atoms with Crippen LogP contribution in [0, 0.1) is 5.92 Å². The zero-order valence-electron chi connectivity index (χ0n) is 10.4. The third-order valence-electron chi connectivity index (χ3n) is 2.73. The molecule has 6 heteroatoms. The van der Waals surface area contributed by atoms with E-state index in [1.807, 2.05) is 0 Å². The van der Waals surface area contributed by atoms with Crippen LogP contribution < -0.4 is 5.32 Å². The van der Waals surface area contributed by atoms with E-state index in [9.17, 15) is 13.2 Å².